The van der Waals surface area contributed by atoms with Gasteiger partial charge in [0, 0.05) is 18.1 Å². The minimum atomic E-state index is 0.829. The van der Waals surface area contributed by atoms with Gasteiger partial charge in [0.1, 0.15) is 0 Å². The summed E-state index contributed by atoms with van der Waals surface area (Å²) >= 11 is 0. The van der Waals surface area contributed by atoms with Gasteiger partial charge in [-0.2, -0.15) is 0 Å². The first-order valence-electron chi connectivity index (χ1n) is 7.40. The van der Waals surface area contributed by atoms with Gasteiger partial charge in [0.25, 0.3) is 0 Å². The van der Waals surface area contributed by atoms with Crippen LogP contribution in [0, 0.1) is 11.8 Å². The van der Waals surface area contributed by atoms with Gasteiger partial charge in [-0.15, -0.1) is 0 Å². The molecule has 0 bridgehead atoms. The normalized spacial score (nSPS) is 23.4. The number of aromatic nitrogens is 1. The Labute approximate surface area is 115 Å². The number of hydrogen-bond donors (Lipinski definition) is 1. The number of benzene rings is 1. The van der Waals surface area contributed by atoms with E-state index in [0.717, 1.165) is 23.9 Å². The Morgan fingerprint density at radius 3 is 2.74 bits per heavy atom. The molecule has 1 aliphatic rings. The highest BCUT2D eigenvalue weighted by Gasteiger charge is 2.18. The van der Waals surface area contributed by atoms with Crippen molar-refractivity contribution in [2.75, 3.05) is 11.9 Å². The average molecular weight is 254 g/mol. The van der Waals surface area contributed by atoms with Crippen molar-refractivity contribution >= 4 is 16.6 Å². The quantitative estimate of drug-likeness (QED) is 0.874. The summed E-state index contributed by atoms with van der Waals surface area (Å²) in [6.07, 6.45) is 7.38. The zero-order valence-electron chi connectivity index (χ0n) is 11.6. The van der Waals surface area contributed by atoms with Gasteiger partial charge in [-0.05, 0) is 36.8 Å². The van der Waals surface area contributed by atoms with E-state index < -0.39 is 0 Å². The highest BCUT2D eigenvalue weighted by atomic mass is 14.9. The fraction of sp³-hybridized carbons (Fsp3) is 0.471. The van der Waals surface area contributed by atoms with Crippen molar-refractivity contribution in [3.63, 3.8) is 0 Å². The molecule has 0 saturated heterocycles. The van der Waals surface area contributed by atoms with Crippen LogP contribution in [0.4, 0.5) is 5.69 Å². The van der Waals surface area contributed by atoms with Crippen molar-refractivity contribution in [1.29, 1.82) is 0 Å². The molecule has 1 saturated carbocycles. The summed E-state index contributed by atoms with van der Waals surface area (Å²) in [5.41, 5.74) is 2.27. The maximum Gasteiger partial charge on any atom is 0.0933 e. The molecule has 2 heteroatoms. The lowest BCUT2D eigenvalue weighted by Crippen LogP contribution is -2.20. The van der Waals surface area contributed by atoms with Gasteiger partial charge in [-0.3, -0.25) is 4.98 Å². The molecule has 2 nitrogen and oxygen atoms in total. The second-order valence-corrected chi connectivity index (χ2v) is 5.89. The summed E-state index contributed by atoms with van der Waals surface area (Å²) in [6, 6.07) is 10.5. The molecule has 0 spiro atoms. The predicted molar refractivity (Wildman–Crippen MR) is 81.4 cm³/mol. The van der Waals surface area contributed by atoms with Crippen LogP contribution in [0.5, 0.6) is 0 Å². The molecule has 0 radical (unpaired) electrons. The Balaban J connectivity index is 1.68. The minimum Gasteiger partial charge on any atom is -0.383 e. The third-order valence-electron chi connectivity index (χ3n) is 4.35. The Morgan fingerprint density at radius 1 is 1.11 bits per heavy atom. The van der Waals surface area contributed by atoms with Crippen LogP contribution < -0.4 is 5.32 Å². The Kier molecular flexibility index (Phi) is 3.67. The first-order valence-corrected chi connectivity index (χ1v) is 7.40. The Morgan fingerprint density at radius 2 is 1.89 bits per heavy atom. The number of fused-ring (bicyclic) bond motifs is 1. The lowest BCUT2D eigenvalue weighted by Gasteiger charge is -2.26. The number of anilines is 1. The molecule has 1 aromatic carbocycles. The van der Waals surface area contributed by atoms with Crippen molar-refractivity contribution in [1.82, 2.24) is 4.98 Å². The van der Waals surface area contributed by atoms with Gasteiger partial charge < -0.3 is 5.32 Å². The second kappa shape index (κ2) is 5.60. The first kappa shape index (κ1) is 12.5. The molecular formula is C17H22N2. The SMILES string of the molecule is CC1CCC(CNc2cccc3cccnc23)CC1. The van der Waals surface area contributed by atoms with E-state index in [2.05, 4.69) is 41.5 Å². The molecule has 1 fully saturated rings. The molecular weight excluding hydrogens is 232 g/mol. The summed E-state index contributed by atoms with van der Waals surface area (Å²) in [6.45, 7) is 3.46. The largest absolute Gasteiger partial charge is 0.383 e. The lowest BCUT2D eigenvalue weighted by molar-refractivity contribution is 0.300. The van der Waals surface area contributed by atoms with Gasteiger partial charge in [-0.25, -0.2) is 0 Å². The summed E-state index contributed by atoms with van der Waals surface area (Å²) < 4.78 is 0. The molecule has 1 aliphatic carbocycles. The van der Waals surface area contributed by atoms with Crippen molar-refractivity contribution in [2.24, 2.45) is 11.8 Å². The van der Waals surface area contributed by atoms with Crippen LogP contribution in [0.3, 0.4) is 0 Å². The fourth-order valence-corrected chi connectivity index (χ4v) is 3.03. The topological polar surface area (TPSA) is 24.9 Å². The minimum absolute atomic E-state index is 0.829. The van der Waals surface area contributed by atoms with Crippen LogP contribution >= 0.6 is 0 Å². The van der Waals surface area contributed by atoms with Crippen LogP contribution in [-0.4, -0.2) is 11.5 Å². The van der Waals surface area contributed by atoms with Crippen LogP contribution in [0.25, 0.3) is 10.9 Å². The third kappa shape index (κ3) is 2.89. The number of nitrogens with zero attached hydrogens (tertiary/aromatic N) is 1. The number of para-hydroxylation sites is 1. The highest BCUT2D eigenvalue weighted by molar-refractivity contribution is 5.90. The van der Waals surface area contributed by atoms with Crippen molar-refractivity contribution in [2.45, 2.75) is 32.6 Å². The van der Waals surface area contributed by atoms with E-state index in [1.807, 2.05) is 12.3 Å². The van der Waals surface area contributed by atoms with Crippen LogP contribution in [-0.2, 0) is 0 Å². The van der Waals surface area contributed by atoms with E-state index in [4.69, 9.17) is 0 Å². The molecule has 1 aromatic heterocycles. The zero-order valence-corrected chi connectivity index (χ0v) is 11.6. The van der Waals surface area contributed by atoms with Crippen LogP contribution in [0.1, 0.15) is 32.6 Å². The average Bonchev–Trinajstić information content (AvgIpc) is 2.47. The molecule has 0 amide bonds. The molecule has 0 aliphatic heterocycles. The fourth-order valence-electron chi connectivity index (χ4n) is 3.03. The standard InChI is InChI=1S/C17H22N2/c1-13-7-9-14(10-8-13)12-19-16-6-2-4-15-5-3-11-18-17(15)16/h2-6,11,13-14,19H,7-10,12H2,1H3. The molecule has 3 rings (SSSR count). The molecule has 1 N–H and O–H groups in total. The van der Waals surface area contributed by atoms with Gasteiger partial charge in [0.15, 0.2) is 0 Å². The highest BCUT2D eigenvalue weighted by Crippen LogP contribution is 2.29. The first-order chi connectivity index (χ1) is 9.33. The number of hydrogen-bond acceptors (Lipinski definition) is 2. The summed E-state index contributed by atoms with van der Waals surface area (Å²) in [5, 5.41) is 4.82. The maximum atomic E-state index is 4.49. The predicted octanol–water partition coefficient (Wildman–Crippen LogP) is 4.47. The van der Waals surface area contributed by atoms with Crippen molar-refractivity contribution < 1.29 is 0 Å². The second-order valence-electron chi connectivity index (χ2n) is 5.89. The van der Waals surface area contributed by atoms with E-state index in [1.54, 1.807) is 0 Å². The lowest BCUT2D eigenvalue weighted by atomic mass is 9.83. The van der Waals surface area contributed by atoms with Gasteiger partial charge in [0.2, 0.25) is 0 Å². The van der Waals surface area contributed by atoms with E-state index in [-0.39, 0.29) is 0 Å². The number of pyridine rings is 1. The van der Waals surface area contributed by atoms with Crippen molar-refractivity contribution in [3.8, 4) is 0 Å². The van der Waals surface area contributed by atoms with Crippen LogP contribution in [0.2, 0.25) is 0 Å². The summed E-state index contributed by atoms with van der Waals surface area (Å²) in [5.74, 6) is 1.76. The van der Waals surface area contributed by atoms with E-state index in [1.165, 1.54) is 36.8 Å². The maximum absolute atomic E-state index is 4.49. The number of nitrogens with one attached hydrogen (secondary N) is 1. The van der Waals surface area contributed by atoms with Crippen molar-refractivity contribution in [3.05, 3.63) is 36.5 Å². The Hall–Kier alpha value is -1.57. The number of rotatable bonds is 3. The van der Waals surface area contributed by atoms with Crippen LogP contribution in [0.15, 0.2) is 36.5 Å². The smallest absolute Gasteiger partial charge is 0.0933 e. The van der Waals surface area contributed by atoms with E-state index >= 15 is 0 Å². The van der Waals surface area contributed by atoms with Gasteiger partial charge in [0.05, 0.1) is 11.2 Å². The molecule has 1 heterocycles. The monoisotopic (exact) mass is 254 g/mol. The van der Waals surface area contributed by atoms with Gasteiger partial charge in [-0.1, -0.05) is 38.0 Å². The summed E-state index contributed by atoms with van der Waals surface area (Å²) in [4.78, 5) is 4.49. The molecule has 2 aromatic rings. The van der Waals surface area contributed by atoms with E-state index in [0.29, 0.717) is 0 Å². The van der Waals surface area contributed by atoms with E-state index in [9.17, 15) is 0 Å². The third-order valence-corrected chi connectivity index (χ3v) is 4.35. The molecule has 100 valence electrons. The molecule has 0 unspecified atom stereocenters. The zero-order chi connectivity index (χ0) is 13.1. The molecule has 19 heavy (non-hydrogen) atoms. The Bertz CT molecular complexity index is 536. The molecule has 0 atom stereocenters. The summed E-state index contributed by atoms with van der Waals surface area (Å²) in [7, 11) is 0. The van der Waals surface area contributed by atoms with Gasteiger partial charge >= 0.3 is 0 Å².